The van der Waals surface area contributed by atoms with Gasteiger partial charge in [-0.25, -0.2) is 5.43 Å². The molecule has 3 amide bonds. The van der Waals surface area contributed by atoms with E-state index < -0.39 is 5.91 Å². The molecule has 8 nitrogen and oxygen atoms in total. The van der Waals surface area contributed by atoms with Gasteiger partial charge in [0.15, 0.2) is 6.61 Å². The van der Waals surface area contributed by atoms with E-state index in [2.05, 4.69) is 21.2 Å². The van der Waals surface area contributed by atoms with E-state index in [4.69, 9.17) is 4.74 Å². The molecule has 148 valence electrons. The Morgan fingerprint density at radius 3 is 2.30 bits per heavy atom. The van der Waals surface area contributed by atoms with Gasteiger partial charge in [-0.05, 0) is 49.6 Å². The Labute approximate surface area is 159 Å². The average molecular weight is 376 g/mol. The van der Waals surface area contributed by atoms with Crippen molar-refractivity contribution < 1.29 is 19.1 Å². The zero-order valence-corrected chi connectivity index (χ0v) is 16.2. The van der Waals surface area contributed by atoms with Crippen LogP contribution in [-0.2, 0) is 14.4 Å². The van der Waals surface area contributed by atoms with Gasteiger partial charge in [-0.2, -0.15) is 5.10 Å². The van der Waals surface area contributed by atoms with Crippen molar-refractivity contribution in [3.63, 3.8) is 0 Å². The van der Waals surface area contributed by atoms with Crippen LogP contribution in [0.1, 0.15) is 39.7 Å². The lowest BCUT2D eigenvalue weighted by molar-refractivity contribution is -0.129. The van der Waals surface area contributed by atoms with E-state index in [0.29, 0.717) is 18.2 Å². The van der Waals surface area contributed by atoms with Crippen molar-refractivity contribution in [3.05, 3.63) is 29.8 Å². The van der Waals surface area contributed by atoms with Crippen LogP contribution >= 0.6 is 0 Å². The van der Waals surface area contributed by atoms with Gasteiger partial charge < -0.3 is 15.4 Å². The molecule has 8 heteroatoms. The maximum absolute atomic E-state index is 11.6. The number of ether oxygens (including phenoxy) is 1. The highest BCUT2D eigenvalue weighted by Gasteiger charge is 2.08. The molecule has 0 bridgehead atoms. The zero-order valence-electron chi connectivity index (χ0n) is 16.2. The van der Waals surface area contributed by atoms with Gasteiger partial charge in [-0.1, -0.05) is 13.8 Å². The van der Waals surface area contributed by atoms with Gasteiger partial charge in [0, 0.05) is 12.6 Å². The van der Waals surface area contributed by atoms with Crippen molar-refractivity contribution in [2.24, 2.45) is 11.0 Å². The summed E-state index contributed by atoms with van der Waals surface area (Å²) in [7, 11) is 0. The quantitative estimate of drug-likeness (QED) is 0.324. The Kier molecular flexibility index (Phi) is 9.57. The number of amides is 3. The third kappa shape index (κ3) is 10.6. The molecule has 3 N–H and O–H groups in total. The van der Waals surface area contributed by atoms with Crippen LogP contribution in [0.25, 0.3) is 0 Å². The fraction of sp³-hybridized carbons (Fsp3) is 0.474. The van der Waals surface area contributed by atoms with E-state index in [-0.39, 0.29) is 30.9 Å². The summed E-state index contributed by atoms with van der Waals surface area (Å²) in [4.78, 5) is 34.7. The summed E-state index contributed by atoms with van der Waals surface area (Å²) in [6.07, 6.45) is 1.19. The van der Waals surface area contributed by atoms with Gasteiger partial charge >= 0.3 is 0 Å². The average Bonchev–Trinajstić information content (AvgIpc) is 2.58. The summed E-state index contributed by atoms with van der Waals surface area (Å²) in [6.45, 7) is 8.18. The molecule has 0 unspecified atom stereocenters. The van der Waals surface area contributed by atoms with Crippen molar-refractivity contribution in [1.82, 2.24) is 16.1 Å². The van der Waals surface area contributed by atoms with Crippen LogP contribution in [0.15, 0.2) is 29.4 Å². The third-order valence-corrected chi connectivity index (χ3v) is 3.13. The standard InChI is InChI=1S/C19H28N4O4/c1-13(2)10-20-17(24)9-18(25)23-21-11-15-5-7-16(8-6-15)27-12-19(26)22-14(3)4/h5-8,11,13-14H,9-10,12H2,1-4H3,(H,20,24)(H,22,26)(H,23,25)/b21-11+. The first kappa shape index (κ1) is 22.1. The van der Waals surface area contributed by atoms with Crippen LogP contribution in [0.4, 0.5) is 0 Å². The fourth-order valence-corrected chi connectivity index (χ4v) is 1.91. The first-order valence-corrected chi connectivity index (χ1v) is 8.87. The smallest absolute Gasteiger partial charge is 0.258 e. The number of hydrogen-bond acceptors (Lipinski definition) is 5. The number of carbonyl (C=O) groups is 3. The minimum atomic E-state index is -0.483. The van der Waals surface area contributed by atoms with Gasteiger partial charge in [0.25, 0.3) is 5.91 Å². The third-order valence-electron chi connectivity index (χ3n) is 3.13. The van der Waals surface area contributed by atoms with E-state index in [1.54, 1.807) is 24.3 Å². The first-order chi connectivity index (χ1) is 12.8. The van der Waals surface area contributed by atoms with Crippen LogP contribution < -0.4 is 20.8 Å². The first-order valence-electron chi connectivity index (χ1n) is 8.87. The maximum atomic E-state index is 11.6. The largest absolute Gasteiger partial charge is 0.484 e. The lowest BCUT2D eigenvalue weighted by Crippen LogP contribution is -2.34. The Morgan fingerprint density at radius 2 is 1.70 bits per heavy atom. The second-order valence-electron chi connectivity index (χ2n) is 6.75. The van der Waals surface area contributed by atoms with Crippen LogP contribution in [0.5, 0.6) is 5.75 Å². The van der Waals surface area contributed by atoms with Crippen molar-refractivity contribution in [2.45, 2.75) is 40.2 Å². The van der Waals surface area contributed by atoms with Gasteiger partial charge in [-0.15, -0.1) is 0 Å². The molecule has 1 aromatic carbocycles. The number of benzene rings is 1. The van der Waals surface area contributed by atoms with Crippen LogP contribution in [0.3, 0.4) is 0 Å². The predicted octanol–water partition coefficient (Wildman–Crippen LogP) is 1.20. The minimum absolute atomic E-state index is 0.0550. The van der Waals surface area contributed by atoms with E-state index in [9.17, 15) is 14.4 Å². The fourth-order valence-electron chi connectivity index (χ4n) is 1.91. The number of hydrogen-bond donors (Lipinski definition) is 3. The highest BCUT2D eigenvalue weighted by molar-refractivity contribution is 5.97. The lowest BCUT2D eigenvalue weighted by atomic mass is 10.2. The van der Waals surface area contributed by atoms with Gasteiger partial charge in [0.2, 0.25) is 11.8 Å². The maximum Gasteiger partial charge on any atom is 0.258 e. The predicted molar refractivity (Wildman–Crippen MR) is 103 cm³/mol. The Hall–Kier alpha value is -2.90. The Bertz CT molecular complexity index is 654. The molecule has 1 aromatic rings. The molecule has 0 fully saturated rings. The molecule has 0 atom stereocenters. The van der Waals surface area contributed by atoms with Gasteiger partial charge in [0.1, 0.15) is 12.2 Å². The summed E-state index contributed by atoms with van der Waals surface area (Å²) < 4.78 is 5.38. The zero-order chi connectivity index (χ0) is 20.2. The van der Waals surface area contributed by atoms with Crippen LogP contribution in [0, 0.1) is 5.92 Å². The monoisotopic (exact) mass is 376 g/mol. The summed E-state index contributed by atoms with van der Waals surface area (Å²) in [5.74, 6) is -0.123. The van der Waals surface area contributed by atoms with Crippen LogP contribution in [-0.4, -0.2) is 43.1 Å². The molecule has 0 aromatic heterocycles. The molecule has 0 radical (unpaired) electrons. The second kappa shape index (κ2) is 11.7. The van der Waals surface area contributed by atoms with Crippen molar-refractivity contribution in [3.8, 4) is 5.75 Å². The number of nitrogens with one attached hydrogen (secondary N) is 3. The van der Waals surface area contributed by atoms with Gasteiger partial charge in [-0.3, -0.25) is 14.4 Å². The summed E-state index contributed by atoms with van der Waals surface area (Å²) in [5, 5.41) is 9.22. The summed E-state index contributed by atoms with van der Waals surface area (Å²) in [5.41, 5.74) is 3.04. The molecule has 0 saturated heterocycles. The molecule has 0 spiro atoms. The minimum Gasteiger partial charge on any atom is -0.484 e. The molecule has 27 heavy (non-hydrogen) atoms. The molecule has 0 saturated carbocycles. The van der Waals surface area contributed by atoms with Crippen molar-refractivity contribution in [2.75, 3.05) is 13.2 Å². The SMILES string of the molecule is CC(C)CNC(=O)CC(=O)N/N=C/c1ccc(OCC(=O)NC(C)C)cc1. The lowest BCUT2D eigenvalue weighted by Gasteiger charge is -2.09. The summed E-state index contributed by atoms with van der Waals surface area (Å²) >= 11 is 0. The molecular weight excluding hydrogens is 348 g/mol. The number of hydrazone groups is 1. The van der Waals surface area contributed by atoms with Crippen molar-refractivity contribution >= 4 is 23.9 Å². The Morgan fingerprint density at radius 1 is 1.04 bits per heavy atom. The van der Waals surface area contributed by atoms with E-state index in [0.717, 1.165) is 5.56 Å². The number of rotatable bonds is 10. The summed E-state index contributed by atoms with van der Waals surface area (Å²) in [6, 6.07) is 6.94. The molecule has 0 aliphatic carbocycles. The number of carbonyl (C=O) groups excluding carboxylic acids is 3. The molecule has 1 rings (SSSR count). The van der Waals surface area contributed by atoms with E-state index in [1.807, 2.05) is 27.7 Å². The number of nitrogens with zero attached hydrogens (tertiary/aromatic N) is 1. The molecular formula is C19H28N4O4. The Balaban J connectivity index is 2.36. The van der Waals surface area contributed by atoms with Crippen molar-refractivity contribution in [1.29, 1.82) is 0 Å². The molecule has 0 heterocycles. The van der Waals surface area contributed by atoms with Crippen LogP contribution in [0.2, 0.25) is 0 Å². The normalized spacial score (nSPS) is 10.9. The second-order valence-corrected chi connectivity index (χ2v) is 6.75. The topological polar surface area (TPSA) is 109 Å². The molecule has 0 aliphatic rings. The van der Waals surface area contributed by atoms with Gasteiger partial charge in [0.05, 0.1) is 6.21 Å². The highest BCUT2D eigenvalue weighted by atomic mass is 16.5. The highest BCUT2D eigenvalue weighted by Crippen LogP contribution is 2.10. The van der Waals surface area contributed by atoms with E-state index in [1.165, 1.54) is 6.21 Å². The van der Waals surface area contributed by atoms with E-state index >= 15 is 0 Å². The molecule has 0 aliphatic heterocycles.